The molecule has 1 atom stereocenters. The first-order chi connectivity index (χ1) is 9.28. The molecule has 1 aromatic rings. The van der Waals surface area contributed by atoms with Crippen molar-refractivity contribution in [2.24, 2.45) is 5.92 Å². The average Bonchev–Trinajstić information content (AvgIpc) is 2.44. The quantitative estimate of drug-likeness (QED) is 0.591. The fourth-order valence-electron chi connectivity index (χ4n) is 2.58. The predicted octanol–water partition coefficient (Wildman–Crippen LogP) is 3.74. The van der Waals surface area contributed by atoms with Gasteiger partial charge in [0.1, 0.15) is 5.75 Å². The minimum Gasteiger partial charge on any atom is -0.494 e. The second-order valence-electron chi connectivity index (χ2n) is 5.36. The van der Waals surface area contributed by atoms with Crippen molar-refractivity contribution in [3.8, 4) is 5.75 Å². The Hall–Kier alpha value is -1.53. The first-order valence-electron chi connectivity index (χ1n) is 7.10. The molecule has 1 saturated heterocycles. The van der Waals surface area contributed by atoms with Crippen molar-refractivity contribution in [2.75, 3.05) is 26.2 Å². The maximum atomic E-state index is 6.89. The molecule has 0 radical (unpaired) electrons. The Balaban J connectivity index is 1.64. The number of rotatable bonds is 5. The Labute approximate surface area is 116 Å². The molecule has 0 aromatic heterocycles. The highest BCUT2D eigenvalue weighted by molar-refractivity contribution is 5.46. The van der Waals surface area contributed by atoms with E-state index in [-0.39, 0.29) is 0 Å². The van der Waals surface area contributed by atoms with Crippen LogP contribution in [0.5, 0.6) is 5.75 Å². The molecule has 1 aliphatic rings. The Morgan fingerprint density at radius 2 is 2.16 bits per heavy atom. The molecule has 0 bridgehead atoms. The maximum absolute atomic E-state index is 6.89. The molecular formula is C16H22N2O. The number of hydrogen-bond acceptors (Lipinski definition) is 2. The third-order valence-electron chi connectivity index (χ3n) is 3.59. The zero-order valence-corrected chi connectivity index (χ0v) is 11.6. The number of hydrogen-bond donors (Lipinski definition) is 0. The van der Waals surface area contributed by atoms with Crippen LogP contribution in [-0.2, 0) is 0 Å². The van der Waals surface area contributed by atoms with Gasteiger partial charge in [-0.2, -0.15) is 0 Å². The van der Waals surface area contributed by atoms with E-state index in [0.717, 1.165) is 31.2 Å². The summed E-state index contributed by atoms with van der Waals surface area (Å²) in [6, 6.07) is 7.34. The highest BCUT2D eigenvalue weighted by Gasteiger charge is 2.15. The van der Waals surface area contributed by atoms with Crippen LogP contribution in [0, 0.1) is 12.5 Å². The van der Waals surface area contributed by atoms with Crippen molar-refractivity contribution in [1.82, 2.24) is 4.90 Å². The molecule has 0 spiro atoms. The number of ether oxygens (including phenoxy) is 1. The standard InChI is InChI=1S/C16H22N2O/c1-14-5-3-10-18(13-14)11-4-12-19-16-8-6-15(17-2)7-9-16/h6-9,14H,3-5,10-13H2,1H3. The van der Waals surface area contributed by atoms with Crippen LogP contribution in [-0.4, -0.2) is 31.1 Å². The number of likely N-dealkylation sites (tertiary alicyclic amines) is 1. The largest absolute Gasteiger partial charge is 0.494 e. The molecule has 1 aliphatic heterocycles. The molecule has 2 rings (SSSR count). The lowest BCUT2D eigenvalue weighted by Gasteiger charge is -2.30. The second kappa shape index (κ2) is 7.16. The van der Waals surface area contributed by atoms with Crippen molar-refractivity contribution in [3.63, 3.8) is 0 Å². The van der Waals surface area contributed by atoms with Gasteiger partial charge in [-0.25, -0.2) is 4.85 Å². The second-order valence-corrected chi connectivity index (χ2v) is 5.36. The third-order valence-corrected chi connectivity index (χ3v) is 3.59. The summed E-state index contributed by atoms with van der Waals surface area (Å²) in [4.78, 5) is 5.91. The average molecular weight is 258 g/mol. The van der Waals surface area contributed by atoms with Gasteiger partial charge in [0, 0.05) is 13.1 Å². The zero-order chi connectivity index (χ0) is 13.5. The van der Waals surface area contributed by atoms with Gasteiger partial charge in [-0.1, -0.05) is 19.1 Å². The van der Waals surface area contributed by atoms with E-state index in [9.17, 15) is 0 Å². The highest BCUT2D eigenvalue weighted by Crippen LogP contribution is 2.18. The molecule has 0 saturated carbocycles. The van der Waals surface area contributed by atoms with Crippen molar-refractivity contribution in [3.05, 3.63) is 35.7 Å². The third kappa shape index (κ3) is 4.57. The summed E-state index contributed by atoms with van der Waals surface area (Å²) >= 11 is 0. The molecular weight excluding hydrogens is 236 g/mol. The van der Waals surface area contributed by atoms with Gasteiger partial charge in [0.25, 0.3) is 0 Å². The lowest BCUT2D eigenvalue weighted by Crippen LogP contribution is -2.35. The predicted molar refractivity (Wildman–Crippen MR) is 77.7 cm³/mol. The SMILES string of the molecule is [C-]#[N+]c1ccc(OCCCN2CCCC(C)C2)cc1. The van der Waals surface area contributed by atoms with E-state index in [0.29, 0.717) is 5.69 Å². The van der Waals surface area contributed by atoms with E-state index in [1.54, 1.807) is 12.1 Å². The Morgan fingerprint density at radius 1 is 1.37 bits per heavy atom. The van der Waals surface area contributed by atoms with Crippen LogP contribution in [0.4, 0.5) is 5.69 Å². The monoisotopic (exact) mass is 258 g/mol. The van der Waals surface area contributed by atoms with Crippen LogP contribution in [0.1, 0.15) is 26.2 Å². The normalized spacial score (nSPS) is 19.9. The van der Waals surface area contributed by atoms with Crippen molar-refractivity contribution in [2.45, 2.75) is 26.2 Å². The van der Waals surface area contributed by atoms with Crippen molar-refractivity contribution < 1.29 is 4.74 Å². The van der Waals surface area contributed by atoms with Gasteiger partial charge < -0.3 is 9.64 Å². The molecule has 0 amide bonds. The highest BCUT2D eigenvalue weighted by atomic mass is 16.5. The van der Waals surface area contributed by atoms with Gasteiger partial charge in [0.05, 0.1) is 13.2 Å². The van der Waals surface area contributed by atoms with Gasteiger partial charge in [-0.3, -0.25) is 0 Å². The van der Waals surface area contributed by atoms with Crippen molar-refractivity contribution >= 4 is 5.69 Å². The van der Waals surface area contributed by atoms with Gasteiger partial charge in [0.2, 0.25) is 0 Å². The lowest BCUT2D eigenvalue weighted by molar-refractivity contribution is 0.170. The fraction of sp³-hybridized carbons (Fsp3) is 0.562. The van der Waals surface area contributed by atoms with Crippen LogP contribution in [0.3, 0.4) is 0 Å². The smallest absolute Gasteiger partial charge is 0.187 e. The molecule has 1 fully saturated rings. The molecule has 1 heterocycles. The molecule has 102 valence electrons. The summed E-state index contributed by atoms with van der Waals surface area (Å²) in [5.41, 5.74) is 0.662. The van der Waals surface area contributed by atoms with Gasteiger partial charge >= 0.3 is 0 Å². The summed E-state index contributed by atoms with van der Waals surface area (Å²) in [5, 5.41) is 0. The minimum atomic E-state index is 0.662. The van der Waals surface area contributed by atoms with Crippen LogP contribution in [0.25, 0.3) is 4.85 Å². The fourth-order valence-corrected chi connectivity index (χ4v) is 2.58. The van der Waals surface area contributed by atoms with Gasteiger partial charge in [-0.05, 0) is 43.9 Å². The van der Waals surface area contributed by atoms with E-state index in [1.165, 1.54) is 25.9 Å². The van der Waals surface area contributed by atoms with Crippen LogP contribution in [0.2, 0.25) is 0 Å². The summed E-state index contributed by atoms with van der Waals surface area (Å²) < 4.78 is 5.69. The summed E-state index contributed by atoms with van der Waals surface area (Å²) in [5.74, 6) is 1.70. The summed E-state index contributed by atoms with van der Waals surface area (Å²) in [6.45, 7) is 13.6. The Bertz CT molecular complexity index is 421. The number of nitrogens with zero attached hydrogens (tertiary/aromatic N) is 2. The molecule has 1 aromatic carbocycles. The van der Waals surface area contributed by atoms with E-state index >= 15 is 0 Å². The molecule has 3 heteroatoms. The molecule has 0 N–H and O–H groups in total. The zero-order valence-electron chi connectivity index (χ0n) is 11.6. The van der Waals surface area contributed by atoms with Crippen LogP contribution >= 0.6 is 0 Å². The molecule has 0 aliphatic carbocycles. The number of benzene rings is 1. The first kappa shape index (κ1) is 13.9. The van der Waals surface area contributed by atoms with E-state index in [2.05, 4.69) is 16.7 Å². The van der Waals surface area contributed by atoms with E-state index < -0.39 is 0 Å². The van der Waals surface area contributed by atoms with Crippen LogP contribution in [0.15, 0.2) is 24.3 Å². The van der Waals surface area contributed by atoms with E-state index in [4.69, 9.17) is 11.3 Å². The van der Waals surface area contributed by atoms with Crippen LogP contribution < -0.4 is 4.74 Å². The first-order valence-corrected chi connectivity index (χ1v) is 7.10. The Morgan fingerprint density at radius 3 is 2.84 bits per heavy atom. The Kier molecular flexibility index (Phi) is 5.23. The maximum Gasteiger partial charge on any atom is 0.187 e. The molecule has 19 heavy (non-hydrogen) atoms. The minimum absolute atomic E-state index is 0.662. The van der Waals surface area contributed by atoms with Gasteiger partial charge in [-0.15, -0.1) is 0 Å². The molecule has 1 unspecified atom stereocenters. The number of piperidine rings is 1. The van der Waals surface area contributed by atoms with E-state index in [1.807, 2.05) is 12.1 Å². The topological polar surface area (TPSA) is 16.8 Å². The summed E-state index contributed by atoms with van der Waals surface area (Å²) in [7, 11) is 0. The lowest BCUT2D eigenvalue weighted by atomic mass is 10.0. The van der Waals surface area contributed by atoms with Gasteiger partial charge in [0.15, 0.2) is 5.69 Å². The van der Waals surface area contributed by atoms with Crippen molar-refractivity contribution in [1.29, 1.82) is 0 Å². The molecule has 3 nitrogen and oxygen atoms in total. The summed E-state index contributed by atoms with van der Waals surface area (Å²) in [6.07, 6.45) is 3.78.